The fourth-order valence-corrected chi connectivity index (χ4v) is 2.01. The molecule has 1 rings (SSSR count). The predicted molar refractivity (Wildman–Crippen MR) is 59.9 cm³/mol. The maximum absolute atomic E-state index is 5.67. The van der Waals surface area contributed by atoms with Gasteiger partial charge in [0.2, 0.25) is 0 Å². The van der Waals surface area contributed by atoms with Crippen molar-refractivity contribution in [1.29, 1.82) is 0 Å². The number of rotatable bonds is 4. The third-order valence-corrected chi connectivity index (χ3v) is 2.80. The molecule has 0 bridgehead atoms. The molecule has 0 aromatic heterocycles. The molecule has 4 heteroatoms. The van der Waals surface area contributed by atoms with Gasteiger partial charge in [-0.2, -0.15) is 0 Å². The lowest BCUT2D eigenvalue weighted by Crippen LogP contribution is -2.42. The SMILES string of the molecule is CN(C)CCN1CCCC1C(N)=S. The fourth-order valence-electron chi connectivity index (χ4n) is 1.74. The summed E-state index contributed by atoms with van der Waals surface area (Å²) >= 11 is 5.03. The highest BCUT2D eigenvalue weighted by atomic mass is 32.1. The molecule has 1 aliphatic heterocycles. The van der Waals surface area contributed by atoms with E-state index in [0.29, 0.717) is 11.0 Å². The first-order chi connectivity index (χ1) is 6.11. The normalized spacial score (nSPS) is 24.1. The molecule has 3 nitrogen and oxygen atoms in total. The van der Waals surface area contributed by atoms with E-state index in [1.54, 1.807) is 0 Å². The summed E-state index contributed by atoms with van der Waals surface area (Å²) in [5.41, 5.74) is 5.67. The van der Waals surface area contributed by atoms with E-state index in [2.05, 4.69) is 23.9 Å². The van der Waals surface area contributed by atoms with E-state index >= 15 is 0 Å². The van der Waals surface area contributed by atoms with Crippen molar-refractivity contribution in [2.45, 2.75) is 18.9 Å². The van der Waals surface area contributed by atoms with Crippen molar-refractivity contribution in [3.05, 3.63) is 0 Å². The Morgan fingerprint density at radius 3 is 2.85 bits per heavy atom. The van der Waals surface area contributed by atoms with Crippen molar-refractivity contribution in [3.8, 4) is 0 Å². The van der Waals surface area contributed by atoms with Crippen molar-refractivity contribution >= 4 is 17.2 Å². The lowest BCUT2D eigenvalue weighted by molar-refractivity contribution is 0.261. The maximum atomic E-state index is 5.67. The monoisotopic (exact) mass is 201 g/mol. The highest BCUT2D eigenvalue weighted by Crippen LogP contribution is 2.16. The minimum atomic E-state index is 0.356. The third-order valence-electron chi connectivity index (χ3n) is 2.53. The highest BCUT2D eigenvalue weighted by Gasteiger charge is 2.25. The van der Waals surface area contributed by atoms with Crippen LogP contribution in [0, 0.1) is 0 Å². The van der Waals surface area contributed by atoms with E-state index in [9.17, 15) is 0 Å². The predicted octanol–water partition coefficient (Wildman–Crippen LogP) is 0.298. The zero-order valence-corrected chi connectivity index (χ0v) is 9.31. The van der Waals surface area contributed by atoms with Crippen molar-refractivity contribution in [3.63, 3.8) is 0 Å². The Balaban J connectivity index is 2.35. The first-order valence-electron chi connectivity index (χ1n) is 4.79. The van der Waals surface area contributed by atoms with Crippen molar-refractivity contribution in [2.75, 3.05) is 33.7 Å². The van der Waals surface area contributed by atoms with E-state index in [4.69, 9.17) is 18.0 Å². The lowest BCUT2D eigenvalue weighted by atomic mass is 10.2. The van der Waals surface area contributed by atoms with Gasteiger partial charge in [-0.3, -0.25) is 4.90 Å². The van der Waals surface area contributed by atoms with Gasteiger partial charge in [0.15, 0.2) is 0 Å². The molecule has 2 N–H and O–H groups in total. The molecule has 0 aromatic rings. The minimum absolute atomic E-state index is 0.356. The molecule has 0 aromatic carbocycles. The third kappa shape index (κ3) is 3.21. The molecule has 1 fully saturated rings. The molecule has 0 radical (unpaired) electrons. The molecule has 1 aliphatic rings. The van der Waals surface area contributed by atoms with Crippen LogP contribution in [0.25, 0.3) is 0 Å². The summed E-state index contributed by atoms with van der Waals surface area (Å²) in [6, 6.07) is 0.356. The molecule has 76 valence electrons. The summed E-state index contributed by atoms with van der Waals surface area (Å²) in [5.74, 6) is 0. The van der Waals surface area contributed by atoms with Crippen LogP contribution in [0.2, 0.25) is 0 Å². The zero-order chi connectivity index (χ0) is 9.84. The molecule has 1 heterocycles. The quantitative estimate of drug-likeness (QED) is 0.663. The number of likely N-dealkylation sites (N-methyl/N-ethyl adjacent to an activating group) is 1. The van der Waals surface area contributed by atoms with Gasteiger partial charge in [0.1, 0.15) is 0 Å². The van der Waals surface area contributed by atoms with Crippen molar-refractivity contribution in [2.24, 2.45) is 5.73 Å². The standard InChI is InChI=1S/C9H19N3S/c1-11(2)6-7-12-5-3-4-8(12)9(10)13/h8H,3-7H2,1-2H3,(H2,10,13). The topological polar surface area (TPSA) is 32.5 Å². The van der Waals surface area contributed by atoms with Gasteiger partial charge in [0, 0.05) is 13.1 Å². The van der Waals surface area contributed by atoms with Gasteiger partial charge in [-0.1, -0.05) is 12.2 Å². The number of hydrogen-bond donors (Lipinski definition) is 1. The molecular weight excluding hydrogens is 182 g/mol. The Hall–Kier alpha value is -0.190. The molecule has 0 spiro atoms. The molecule has 0 amide bonds. The number of hydrogen-bond acceptors (Lipinski definition) is 3. The van der Waals surface area contributed by atoms with Crippen LogP contribution >= 0.6 is 12.2 Å². The Morgan fingerprint density at radius 2 is 2.31 bits per heavy atom. The molecule has 1 unspecified atom stereocenters. The molecule has 1 saturated heterocycles. The maximum Gasteiger partial charge on any atom is 0.0902 e. The van der Waals surface area contributed by atoms with Crippen molar-refractivity contribution < 1.29 is 0 Å². The van der Waals surface area contributed by atoms with E-state index in [0.717, 1.165) is 26.1 Å². The van der Waals surface area contributed by atoms with Crippen LogP contribution in [-0.4, -0.2) is 54.6 Å². The lowest BCUT2D eigenvalue weighted by Gasteiger charge is -2.24. The Kier molecular flexibility index (Phi) is 4.09. The van der Waals surface area contributed by atoms with Gasteiger partial charge in [0.05, 0.1) is 11.0 Å². The number of thiocarbonyl (C=S) groups is 1. The fraction of sp³-hybridized carbons (Fsp3) is 0.889. The molecule has 1 atom stereocenters. The van der Waals surface area contributed by atoms with Gasteiger partial charge in [-0.25, -0.2) is 0 Å². The first-order valence-corrected chi connectivity index (χ1v) is 5.20. The van der Waals surface area contributed by atoms with Gasteiger partial charge in [-0.15, -0.1) is 0 Å². The summed E-state index contributed by atoms with van der Waals surface area (Å²) in [7, 11) is 4.18. The summed E-state index contributed by atoms with van der Waals surface area (Å²) in [6.45, 7) is 3.31. The second-order valence-corrected chi connectivity index (χ2v) is 4.37. The van der Waals surface area contributed by atoms with E-state index < -0.39 is 0 Å². The average Bonchev–Trinajstić information content (AvgIpc) is 2.47. The summed E-state index contributed by atoms with van der Waals surface area (Å²) in [6.07, 6.45) is 2.37. The van der Waals surface area contributed by atoms with E-state index in [1.807, 2.05) is 0 Å². The van der Waals surface area contributed by atoms with Crippen LogP contribution < -0.4 is 5.73 Å². The van der Waals surface area contributed by atoms with Crippen LogP contribution in [0.1, 0.15) is 12.8 Å². The second-order valence-electron chi connectivity index (χ2n) is 3.90. The van der Waals surface area contributed by atoms with E-state index in [-0.39, 0.29) is 0 Å². The number of likely N-dealkylation sites (tertiary alicyclic amines) is 1. The van der Waals surface area contributed by atoms with Gasteiger partial charge in [-0.05, 0) is 33.5 Å². The molecule has 0 saturated carbocycles. The van der Waals surface area contributed by atoms with E-state index in [1.165, 1.54) is 6.42 Å². The van der Waals surface area contributed by atoms with Gasteiger partial charge >= 0.3 is 0 Å². The van der Waals surface area contributed by atoms with Crippen LogP contribution in [-0.2, 0) is 0 Å². The highest BCUT2D eigenvalue weighted by molar-refractivity contribution is 7.80. The minimum Gasteiger partial charge on any atom is -0.392 e. The molecule has 13 heavy (non-hydrogen) atoms. The second kappa shape index (κ2) is 4.88. The summed E-state index contributed by atoms with van der Waals surface area (Å²) < 4.78 is 0. The Bertz CT molecular complexity index is 182. The van der Waals surface area contributed by atoms with Gasteiger partial charge in [0.25, 0.3) is 0 Å². The first kappa shape index (κ1) is 10.9. The van der Waals surface area contributed by atoms with Crippen LogP contribution in [0.5, 0.6) is 0 Å². The summed E-state index contributed by atoms with van der Waals surface area (Å²) in [5, 5.41) is 0. The number of nitrogens with zero attached hydrogens (tertiary/aromatic N) is 2. The number of nitrogens with two attached hydrogens (primary N) is 1. The van der Waals surface area contributed by atoms with Crippen LogP contribution in [0.15, 0.2) is 0 Å². The zero-order valence-electron chi connectivity index (χ0n) is 8.49. The summed E-state index contributed by atoms with van der Waals surface area (Å²) in [4.78, 5) is 5.24. The molecular formula is C9H19N3S. The molecule has 0 aliphatic carbocycles. The van der Waals surface area contributed by atoms with Gasteiger partial charge < -0.3 is 10.6 Å². The van der Waals surface area contributed by atoms with Crippen LogP contribution in [0.4, 0.5) is 0 Å². The Morgan fingerprint density at radius 1 is 1.62 bits per heavy atom. The van der Waals surface area contributed by atoms with Crippen LogP contribution in [0.3, 0.4) is 0 Å². The Labute approximate surface area is 85.9 Å². The largest absolute Gasteiger partial charge is 0.392 e. The average molecular weight is 201 g/mol. The van der Waals surface area contributed by atoms with Crippen molar-refractivity contribution in [1.82, 2.24) is 9.80 Å². The smallest absolute Gasteiger partial charge is 0.0902 e.